The minimum Gasteiger partial charge on any atom is -0.403 e. The number of benzene rings is 1. The SMILES string of the molecule is CCCCCCCCCC(=O)c1cc(NC(=O)CCCCCCC(CCCCCCCC)OC)ccc1OP(=O)(O)OCCN(C)C. The number of hydrogen-bond acceptors (Lipinski definition) is 7. The zero-order valence-electron chi connectivity index (χ0n) is 30.4. The second-order valence-electron chi connectivity index (χ2n) is 13.1. The first kappa shape index (κ1) is 43.3. The van der Waals surface area contributed by atoms with Crippen molar-refractivity contribution in [1.82, 2.24) is 4.90 Å². The molecule has 1 amide bonds. The van der Waals surface area contributed by atoms with Crippen LogP contribution in [0.25, 0.3) is 0 Å². The number of anilines is 1. The van der Waals surface area contributed by atoms with Gasteiger partial charge >= 0.3 is 7.82 Å². The van der Waals surface area contributed by atoms with Crippen LogP contribution in [0.4, 0.5) is 5.69 Å². The average Bonchev–Trinajstić information content (AvgIpc) is 3.03. The second kappa shape index (κ2) is 27.1. The number of methoxy groups -OCH3 is 1. The number of rotatable bonds is 31. The number of hydrogen-bond donors (Lipinski definition) is 2. The number of Topliss-reactive ketones (excluding diaryl/α,β-unsaturated/α-hetero) is 1. The third-order valence-corrected chi connectivity index (χ3v) is 9.41. The van der Waals surface area contributed by atoms with Crippen molar-refractivity contribution in [2.24, 2.45) is 0 Å². The van der Waals surface area contributed by atoms with Crippen LogP contribution in [0.5, 0.6) is 5.75 Å². The van der Waals surface area contributed by atoms with E-state index < -0.39 is 7.82 Å². The Bertz CT molecular complexity index is 1020. The fourth-order valence-electron chi connectivity index (χ4n) is 5.54. The molecular weight excluding hydrogens is 615 g/mol. The molecule has 0 saturated heterocycles. The Morgan fingerprint density at radius 3 is 1.89 bits per heavy atom. The topological polar surface area (TPSA) is 114 Å². The Morgan fingerprint density at radius 2 is 1.34 bits per heavy atom. The smallest absolute Gasteiger partial charge is 0.403 e. The molecule has 0 heterocycles. The molecule has 0 aromatic heterocycles. The largest absolute Gasteiger partial charge is 0.527 e. The summed E-state index contributed by atoms with van der Waals surface area (Å²) in [6.07, 6.45) is 22.4. The molecule has 9 nitrogen and oxygen atoms in total. The van der Waals surface area contributed by atoms with E-state index in [9.17, 15) is 19.0 Å². The molecule has 0 aliphatic heterocycles. The van der Waals surface area contributed by atoms with Gasteiger partial charge in [0.15, 0.2) is 5.78 Å². The lowest BCUT2D eigenvalue weighted by Crippen LogP contribution is -2.18. The maximum absolute atomic E-state index is 13.3. The van der Waals surface area contributed by atoms with Gasteiger partial charge in [-0.15, -0.1) is 0 Å². The summed E-state index contributed by atoms with van der Waals surface area (Å²) in [5, 5.41) is 2.89. The lowest BCUT2D eigenvalue weighted by molar-refractivity contribution is -0.116. The number of nitrogens with zero attached hydrogens (tertiary/aromatic N) is 1. The summed E-state index contributed by atoms with van der Waals surface area (Å²) < 4.78 is 28.8. The van der Waals surface area contributed by atoms with Gasteiger partial charge in [0.2, 0.25) is 5.91 Å². The molecule has 0 aliphatic carbocycles. The summed E-state index contributed by atoms with van der Waals surface area (Å²) in [6.45, 7) is 4.87. The number of phosphoric acid groups is 1. The van der Waals surface area contributed by atoms with Crippen LogP contribution in [0.2, 0.25) is 0 Å². The van der Waals surface area contributed by atoms with Gasteiger partial charge in [0, 0.05) is 32.2 Å². The molecule has 2 atom stereocenters. The van der Waals surface area contributed by atoms with Crippen LogP contribution in [0, 0.1) is 0 Å². The summed E-state index contributed by atoms with van der Waals surface area (Å²) >= 11 is 0. The van der Waals surface area contributed by atoms with Crippen molar-refractivity contribution in [3.8, 4) is 5.75 Å². The van der Waals surface area contributed by atoms with Crippen LogP contribution < -0.4 is 9.84 Å². The van der Waals surface area contributed by atoms with E-state index >= 15 is 0 Å². The molecule has 1 aromatic rings. The van der Waals surface area contributed by atoms with Gasteiger partial charge in [-0.25, -0.2) is 4.57 Å². The van der Waals surface area contributed by atoms with E-state index in [4.69, 9.17) is 13.8 Å². The Balaban J connectivity index is 2.62. The monoisotopic (exact) mass is 682 g/mol. The van der Waals surface area contributed by atoms with Crippen LogP contribution >= 0.6 is 7.82 Å². The van der Waals surface area contributed by atoms with Gasteiger partial charge in [0.25, 0.3) is 0 Å². The number of carbonyl (C=O) groups excluding carboxylic acids is 2. The summed E-state index contributed by atoms with van der Waals surface area (Å²) in [4.78, 5) is 38.1. The van der Waals surface area contributed by atoms with Crippen molar-refractivity contribution in [2.45, 2.75) is 155 Å². The molecule has 0 radical (unpaired) electrons. The van der Waals surface area contributed by atoms with E-state index in [0.717, 1.165) is 64.2 Å². The van der Waals surface area contributed by atoms with E-state index in [-0.39, 0.29) is 29.6 Å². The summed E-state index contributed by atoms with van der Waals surface area (Å²) in [5.41, 5.74) is 0.636. The number of ether oxygens (including phenoxy) is 1. The van der Waals surface area contributed by atoms with Crippen LogP contribution in [-0.4, -0.2) is 61.9 Å². The van der Waals surface area contributed by atoms with Crippen LogP contribution in [0.15, 0.2) is 18.2 Å². The minimum absolute atomic E-state index is 0.00237. The normalized spacial score (nSPS) is 13.4. The number of carbonyl (C=O) groups is 2. The van der Waals surface area contributed by atoms with Gasteiger partial charge < -0.3 is 19.5 Å². The third-order valence-electron chi connectivity index (χ3n) is 8.47. The maximum atomic E-state index is 13.3. The molecule has 47 heavy (non-hydrogen) atoms. The highest BCUT2D eigenvalue weighted by atomic mass is 31.2. The molecular formula is C37H67N2O7P. The molecule has 2 N–H and O–H groups in total. The maximum Gasteiger partial charge on any atom is 0.527 e. The molecule has 2 unspecified atom stereocenters. The lowest BCUT2D eigenvalue weighted by atomic mass is 10.0. The van der Waals surface area contributed by atoms with E-state index in [1.54, 1.807) is 12.1 Å². The Morgan fingerprint density at radius 1 is 0.809 bits per heavy atom. The predicted molar refractivity (Wildman–Crippen MR) is 193 cm³/mol. The van der Waals surface area contributed by atoms with Gasteiger partial charge in [0.05, 0.1) is 18.3 Å². The van der Waals surface area contributed by atoms with Crippen LogP contribution in [0.3, 0.4) is 0 Å². The molecule has 272 valence electrons. The van der Waals surface area contributed by atoms with E-state index in [1.165, 1.54) is 63.9 Å². The van der Waals surface area contributed by atoms with E-state index in [0.29, 0.717) is 31.2 Å². The van der Waals surface area contributed by atoms with Crippen molar-refractivity contribution in [1.29, 1.82) is 0 Å². The second-order valence-corrected chi connectivity index (χ2v) is 14.5. The zero-order chi connectivity index (χ0) is 34.8. The molecule has 0 saturated carbocycles. The number of phosphoric ester groups is 1. The first-order chi connectivity index (χ1) is 22.6. The van der Waals surface area contributed by atoms with Gasteiger partial charge in [-0.1, -0.05) is 110 Å². The Kier molecular flexibility index (Phi) is 24.9. The number of likely N-dealkylation sites (N-methyl/N-ethyl adjacent to an activating group) is 1. The van der Waals surface area contributed by atoms with Gasteiger partial charge in [-0.05, 0) is 58.0 Å². The predicted octanol–water partition coefficient (Wildman–Crippen LogP) is 10.1. The van der Waals surface area contributed by atoms with Crippen molar-refractivity contribution >= 4 is 25.2 Å². The number of nitrogens with one attached hydrogen (secondary N) is 1. The van der Waals surface area contributed by atoms with Crippen molar-refractivity contribution < 1.29 is 32.8 Å². The van der Waals surface area contributed by atoms with E-state index in [1.807, 2.05) is 26.1 Å². The quantitative estimate of drug-likeness (QED) is 0.0452. The lowest BCUT2D eigenvalue weighted by Gasteiger charge is -2.17. The molecule has 1 aromatic carbocycles. The number of ketones is 1. The van der Waals surface area contributed by atoms with Gasteiger partial charge in [-0.3, -0.25) is 19.0 Å². The minimum atomic E-state index is -4.45. The highest BCUT2D eigenvalue weighted by Crippen LogP contribution is 2.45. The van der Waals surface area contributed by atoms with Crippen LogP contribution in [-0.2, 0) is 18.6 Å². The van der Waals surface area contributed by atoms with Crippen molar-refractivity contribution in [3.63, 3.8) is 0 Å². The molecule has 0 bridgehead atoms. The van der Waals surface area contributed by atoms with Crippen molar-refractivity contribution in [3.05, 3.63) is 23.8 Å². The third kappa shape index (κ3) is 22.5. The number of unbranched alkanes of at least 4 members (excludes halogenated alkanes) is 14. The van der Waals surface area contributed by atoms with Crippen molar-refractivity contribution in [2.75, 3.05) is 39.7 Å². The molecule has 10 heteroatoms. The summed E-state index contributed by atoms with van der Waals surface area (Å²) in [6, 6.07) is 4.60. The van der Waals surface area contributed by atoms with E-state index in [2.05, 4.69) is 19.2 Å². The first-order valence-electron chi connectivity index (χ1n) is 18.4. The van der Waals surface area contributed by atoms with Crippen LogP contribution in [0.1, 0.15) is 159 Å². The van der Waals surface area contributed by atoms with Gasteiger partial charge in [0.1, 0.15) is 5.75 Å². The standard InChI is InChI=1S/C37H67N2O7P/c1-6-8-10-12-14-16-21-25-35(40)34-31-32(27-28-36(34)46-47(42,43)45-30-29-39(3)4)38-37(41)26-22-18-17-20-24-33(44-5)23-19-15-13-11-9-7-2/h27-28,31,33H,6-26,29-30H2,1-5H3,(H,38,41)(H,42,43). The fourth-order valence-corrected chi connectivity index (χ4v) is 6.31. The highest BCUT2D eigenvalue weighted by Gasteiger charge is 2.26. The van der Waals surface area contributed by atoms with Gasteiger partial charge in [-0.2, -0.15) is 0 Å². The first-order valence-corrected chi connectivity index (χ1v) is 19.9. The summed E-state index contributed by atoms with van der Waals surface area (Å²) in [7, 11) is 1.02. The Labute approximate surface area is 286 Å². The Hall–Kier alpha value is -1.77. The zero-order valence-corrected chi connectivity index (χ0v) is 31.3. The number of amides is 1. The molecule has 0 fully saturated rings. The molecule has 0 spiro atoms. The summed E-state index contributed by atoms with van der Waals surface area (Å²) in [5.74, 6) is -0.330. The average molecular weight is 683 g/mol. The molecule has 1 rings (SSSR count). The molecule has 0 aliphatic rings. The highest BCUT2D eigenvalue weighted by molar-refractivity contribution is 7.47. The fraction of sp³-hybridized carbons (Fsp3) is 0.784.